The minimum absolute atomic E-state index is 0.0294. The van der Waals surface area contributed by atoms with Gasteiger partial charge in [-0.2, -0.15) is 0 Å². The fourth-order valence-electron chi connectivity index (χ4n) is 4.59. The number of aryl methyl sites for hydroxylation is 1. The molecule has 4 rings (SSSR count). The van der Waals surface area contributed by atoms with E-state index in [1.54, 1.807) is 30.3 Å². The number of carbonyl (C=O) groups is 2. The van der Waals surface area contributed by atoms with Gasteiger partial charge < -0.3 is 15.0 Å². The largest absolute Gasteiger partial charge is 0.484 e. The highest BCUT2D eigenvalue weighted by Crippen LogP contribution is 2.21. The SMILES string of the molecule is Cc1ccc(OCC(=O)N(Cc2ccccc2F)C(Cc2ccccc2)C(=O)NC2CCCC2)cc1. The quantitative estimate of drug-likeness (QED) is 0.426. The van der Waals surface area contributed by atoms with Crippen molar-refractivity contribution in [3.63, 3.8) is 0 Å². The molecule has 1 saturated carbocycles. The highest BCUT2D eigenvalue weighted by Gasteiger charge is 2.32. The van der Waals surface area contributed by atoms with Crippen LogP contribution >= 0.6 is 0 Å². The molecule has 1 aliphatic carbocycles. The van der Waals surface area contributed by atoms with Crippen LogP contribution in [0.5, 0.6) is 5.75 Å². The Hall–Kier alpha value is -3.67. The molecule has 6 heteroatoms. The van der Waals surface area contributed by atoms with Gasteiger partial charge in [-0.1, -0.05) is 79.1 Å². The smallest absolute Gasteiger partial charge is 0.261 e. The molecule has 0 aliphatic heterocycles. The zero-order valence-corrected chi connectivity index (χ0v) is 20.7. The third kappa shape index (κ3) is 6.94. The Morgan fingerprint density at radius 1 is 0.972 bits per heavy atom. The van der Waals surface area contributed by atoms with Crippen molar-refractivity contribution in [2.24, 2.45) is 0 Å². The summed E-state index contributed by atoms with van der Waals surface area (Å²) in [6.07, 6.45) is 4.35. The van der Waals surface area contributed by atoms with E-state index in [0.717, 1.165) is 36.8 Å². The minimum atomic E-state index is -0.804. The number of ether oxygens (including phenoxy) is 1. The maximum absolute atomic E-state index is 14.7. The van der Waals surface area contributed by atoms with E-state index < -0.39 is 11.9 Å². The first-order valence-electron chi connectivity index (χ1n) is 12.6. The van der Waals surface area contributed by atoms with Crippen molar-refractivity contribution in [2.75, 3.05) is 6.61 Å². The molecule has 36 heavy (non-hydrogen) atoms. The summed E-state index contributed by atoms with van der Waals surface area (Å²) in [4.78, 5) is 28.6. The second-order valence-electron chi connectivity index (χ2n) is 9.41. The Bertz CT molecular complexity index is 1140. The van der Waals surface area contributed by atoms with Crippen LogP contribution in [-0.4, -0.2) is 35.4 Å². The molecule has 0 saturated heterocycles. The number of halogens is 1. The molecule has 2 amide bonds. The molecule has 188 valence electrons. The zero-order chi connectivity index (χ0) is 25.3. The van der Waals surface area contributed by atoms with E-state index in [-0.39, 0.29) is 31.0 Å². The third-order valence-electron chi connectivity index (χ3n) is 6.65. The molecule has 3 aromatic carbocycles. The molecule has 0 heterocycles. The number of hydrogen-bond acceptors (Lipinski definition) is 3. The molecule has 0 aromatic heterocycles. The Kier molecular flexibility index (Phi) is 8.71. The second-order valence-corrected chi connectivity index (χ2v) is 9.41. The standard InChI is InChI=1S/C30H33FN2O3/c1-22-15-17-26(18-16-22)36-21-29(34)33(20-24-11-5-8-14-27(24)31)28(19-23-9-3-2-4-10-23)30(35)32-25-12-6-7-13-25/h2-5,8-11,14-18,25,28H,6-7,12-13,19-21H2,1H3,(H,32,35). The summed E-state index contributed by atoms with van der Waals surface area (Å²) in [7, 11) is 0. The van der Waals surface area contributed by atoms with Gasteiger partial charge in [-0.25, -0.2) is 4.39 Å². The highest BCUT2D eigenvalue weighted by molar-refractivity contribution is 5.88. The van der Waals surface area contributed by atoms with E-state index in [9.17, 15) is 14.0 Å². The third-order valence-corrected chi connectivity index (χ3v) is 6.65. The van der Waals surface area contributed by atoms with Crippen molar-refractivity contribution in [2.45, 2.75) is 57.7 Å². The van der Waals surface area contributed by atoms with Gasteiger partial charge in [0.1, 0.15) is 17.6 Å². The van der Waals surface area contributed by atoms with E-state index in [2.05, 4.69) is 5.32 Å². The van der Waals surface area contributed by atoms with Gasteiger partial charge in [0.15, 0.2) is 6.61 Å². The topological polar surface area (TPSA) is 58.6 Å². The van der Waals surface area contributed by atoms with Gasteiger partial charge in [-0.15, -0.1) is 0 Å². The molecule has 1 unspecified atom stereocenters. The van der Waals surface area contributed by atoms with E-state index in [1.807, 2.05) is 49.4 Å². The lowest BCUT2D eigenvalue weighted by Crippen LogP contribution is -2.53. The van der Waals surface area contributed by atoms with Gasteiger partial charge in [0.05, 0.1) is 0 Å². The van der Waals surface area contributed by atoms with E-state index >= 15 is 0 Å². The first kappa shape index (κ1) is 25.4. The summed E-state index contributed by atoms with van der Waals surface area (Å²) in [5, 5.41) is 3.15. The number of benzene rings is 3. The van der Waals surface area contributed by atoms with Gasteiger partial charge in [0.25, 0.3) is 5.91 Å². The van der Waals surface area contributed by atoms with E-state index in [4.69, 9.17) is 4.74 Å². The van der Waals surface area contributed by atoms with E-state index in [1.165, 1.54) is 11.0 Å². The predicted octanol–water partition coefficient (Wildman–Crippen LogP) is 5.21. The summed E-state index contributed by atoms with van der Waals surface area (Å²) in [5.74, 6) is -0.439. The minimum Gasteiger partial charge on any atom is -0.484 e. The van der Waals surface area contributed by atoms with Gasteiger partial charge in [0, 0.05) is 24.6 Å². The molecular formula is C30H33FN2O3. The molecule has 0 bridgehead atoms. The van der Waals surface area contributed by atoms with Crippen LogP contribution in [0.1, 0.15) is 42.4 Å². The molecular weight excluding hydrogens is 455 g/mol. The van der Waals surface area contributed by atoms with Gasteiger partial charge in [0.2, 0.25) is 5.91 Å². The number of nitrogens with zero attached hydrogens (tertiary/aromatic N) is 1. The summed E-state index contributed by atoms with van der Waals surface area (Å²) < 4.78 is 20.4. The van der Waals surface area contributed by atoms with Gasteiger partial charge in [-0.3, -0.25) is 9.59 Å². The predicted molar refractivity (Wildman–Crippen MR) is 138 cm³/mol. The maximum Gasteiger partial charge on any atom is 0.261 e. The van der Waals surface area contributed by atoms with Crippen LogP contribution in [0.4, 0.5) is 4.39 Å². The second kappa shape index (κ2) is 12.3. The van der Waals surface area contributed by atoms with Crippen LogP contribution in [0.15, 0.2) is 78.9 Å². The fourth-order valence-corrected chi connectivity index (χ4v) is 4.59. The Balaban J connectivity index is 1.61. The van der Waals surface area contributed by atoms with Crippen LogP contribution in [-0.2, 0) is 22.6 Å². The fraction of sp³-hybridized carbons (Fsp3) is 0.333. The normalized spacial score (nSPS) is 14.3. The summed E-state index contributed by atoms with van der Waals surface area (Å²) in [5.41, 5.74) is 2.36. The lowest BCUT2D eigenvalue weighted by molar-refractivity contribution is -0.143. The van der Waals surface area contributed by atoms with E-state index in [0.29, 0.717) is 17.7 Å². The molecule has 0 radical (unpaired) electrons. The molecule has 5 nitrogen and oxygen atoms in total. The molecule has 1 N–H and O–H groups in total. The summed E-state index contributed by atoms with van der Waals surface area (Å²) >= 11 is 0. The molecule has 3 aromatic rings. The van der Waals surface area contributed by atoms with Crippen molar-refractivity contribution in [3.05, 3.63) is 101 Å². The Morgan fingerprint density at radius 2 is 1.64 bits per heavy atom. The van der Waals surface area contributed by atoms with Crippen LogP contribution in [0, 0.1) is 12.7 Å². The van der Waals surface area contributed by atoms with Crippen molar-refractivity contribution in [3.8, 4) is 5.75 Å². The van der Waals surface area contributed by atoms with Crippen LogP contribution in [0.2, 0.25) is 0 Å². The van der Waals surface area contributed by atoms with Crippen molar-refractivity contribution < 1.29 is 18.7 Å². The summed E-state index contributed by atoms with van der Waals surface area (Å²) in [6.45, 7) is 1.69. The van der Waals surface area contributed by atoms with Crippen LogP contribution in [0.25, 0.3) is 0 Å². The molecule has 0 spiro atoms. The van der Waals surface area contributed by atoms with Crippen LogP contribution < -0.4 is 10.1 Å². The molecule has 1 fully saturated rings. The number of hydrogen-bond donors (Lipinski definition) is 1. The average Bonchev–Trinajstić information content (AvgIpc) is 3.40. The maximum atomic E-state index is 14.7. The lowest BCUT2D eigenvalue weighted by atomic mass is 10.0. The van der Waals surface area contributed by atoms with Gasteiger partial charge in [-0.05, 0) is 43.5 Å². The number of amides is 2. The van der Waals surface area contributed by atoms with Crippen molar-refractivity contribution in [1.29, 1.82) is 0 Å². The van der Waals surface area contributed by atoms with Crippen LogP contribution in [0.3, 0.4) is 0 Å². The molecule has 1 atom stereocenters. The lowest BCUT2D eigenvalue weighted by Gasteiger charge is -2.32. The Morgan fingerprint density at radius 3 is 2.33 bits per heavy atom. The van der Waals surface area contributed by atoms with Crippen molar-refractivity contribution >= 4 is 11.8 Å². The first-order valence-corrected chi connectivity index (χ1v) is 12.6. The average molecular weight is 489 g/mol. The number of carbonyl (C=O) groups excluding carboxylic acids is 2. The first-order chi connectivity index (χ1) is 17.5. The summed E-state index contributed by atoms with van der Waals surface area (Å²) in [6, 6.07) is 22.7. The number of rotatable bonds is 10. The molecule has 1 aliphatic rings. The van der Waals surface area contributed by atoms with Gasteiger partial charge >= 0.3 is 0 Å². The monoisotopic (exact) mass is 488 g/mol. The number of nitrogens with one attached hydrogen (secondary N) is 1. The Labute approximate surface area is 212 Å². The van der Waals surface area contributed by atoms with Crippen molar-refractivity contribution in [1.82, 2.24) is 10.2 Å². The highest BCUT2D eigenvalue weighted by atomic mass is 19.1. The zero-order valence-electron chi connectivity index (χ0n) is 20.7.